The molecule has 0 N–H and O–H groups in total. The highest BCUT2D eigenvalue weighted by atomic mass is 13.5. The molecule has 0 fully saturated rings. The van der Waals surface area contributed by atoms with Gasteiger partial charge in [-0.05, 0) is 0 Å². The minimum absolute atomic E-state index is 0.788. The molecular formula is C3H7B2. The van der Waals surface area contributed by atoms with Crippen molar-refractivity contribution in [1.82, 2.24) is 0 Å². The summed E-state index contributed by atoms with van der Waals surface area (Å²) in [5.41, 5.74) is 0. The zero-order valence-corrected chi connectivity index (χ0v) is 3.57. The van der Waals surface area contributed by atoms with Crippen LogP contribution in [-0.2, 0) is 0 Å². The maximum absolute atomic E-state index is 5.11. The van der Waals surface area contributed by atoms with Gasteiger partial charge in [0.05, 0.1) is 7.85 Å². The summed E-state index contributed by atoms with van der Waals surface area (Å²) in [7, 11) is 7.16. The van der Waals surface area contributed by atoms with Crippen LogP contribution in [0, 0.1) is 0 Å². The minimum Gasteiger partial charge on any atom is -0.0955 e. The summed E-state index contributed by atoms with van der Waals surface area (Å²) in [4.78, 5) is 0. The molecule has 0 aliphatic rings. The second-order valence-corrected chi connectivity index (χ2v) is 0.986. The van der Waals surface area contributed by atoms with Crippen LogP contribution in [0.4, 0.5) is 0 Å². The van der Waals surface area contributed by atoms with E-state index < -0.39 is 0 Å². The van der Waals surface area contributed by atoms with Crippen molar-refractivity contribution >= 4 is 15.1 Å². The Morgan fingerprint density at radius 3 is 2.40 bits per heavy atom. The van der Waals surface area contributed by atoms with Crippen molar-refractivity contribution in [2.75, 3.05) is 0 Å². The van der Waals surface area contributed by atoms with Crippen LogP contribution < -0.4 is 0 Å². The first kappa shape index (κ1) is 5.13. The molecule has 5 heavy (non-hydrogen) atoms. The summed E-state index contributed by atoms with van der Waals surface area (Å²) in [6, 6.07) is 0. The highest BCUT2D eigenvalue weighted by molar-refractivity contribution is 6.35. The molecule has 0 amide bonds. The molecule has 0 saturated carbocycles. The fourth-order valence-electron chi connectivity index (χ4n) is 0.167. The predicted molar refractivity (Wildman–Crippen MR) is 27.0 cm³/mol. The Kier molecular flexibility index (Phi) is 4.24. The zero-order chi connectivity index (χ0) is 4.12. The first-order valence-electron chi connectivity index (χ1n) is 1.89. The predicted octanol–water partition coefficient (Wildman–Crippen LogP) is 0.744. The Balaban J connectivity index is 2.19. The summed E-state index contributed by atoms with van der Waals surface area (Å²) in [6.07, 6.45) is 1.83. The van der Waals surface area contributed by atoms with E-state index in [0.29, 0.717) is 0 Å². The van der Waals surface area contributed by atoms with E-state index >= 15 is 0 Å². The van der Waals surface area contributed by atoms with Crippen molar-refractivity contribution in [3.63, 3.8) is 0 Å². The molecule has 2 heteroatoms. The molecule has 0 saturated heterocycles. The molecule has 0 rings (SSSR count). The van der Waals surface area contributed by atoms with Gasteiger partial charge in [-0.3, -0.25) is 0 Å². The van der Waals surface area contributed by atoms with E-state index in [4.69, 9.17) is 7.85 Å². The quantitative estimate of drug-likeness (QED) is 0.416. The van der Waals surface area contributed by atoms with Crippen molar-refractivity contribution in [2.45, 2.75) is 19.5 Å². The van der Waals surface area contributed by atoms with E-state index in [0.717, 1.165) is 12.6 Å². The van der Waals surface area contributed by atoms with Crippen molar-refractivity contribution in [1.29, 1.82) is 0 Å². The van der Waals surface area contributed by atoms with Crippen LogP contribution in [0.5, 0.6) is 0 Å². The Morgan fingerprint density at radius 2 is 2.40 bits per heavy atom. The molecule has 0 bridgehead atoms. The van der Waals surface area contributed by atoms with E-state index in [-0.39, 0.29) is 0 Å². The average molecular weight is 64.7 g/mol. The lowest BCUT2D eigenvalue weighted by molar-refractivity contribution is 1.44. The first-order chi connectivity index (χ1) is 2.41. The fraction of sp³-hybridized carbons (Fsp3) is 1.00. The van der Waals surface area contributed by atoms with Crippen molar-refractivity contribution in [3.05, 3.63) is 0 Å². The van der Waals surface area contributed by atoms with Gasteiger partial charge in [-0.2, -0.15) is 0 Å². The average Bonchev–Trinajstić information content (AvgIpc) is 1.41. The highest BCUT2D eigenvalue weighted by Crippen LogP contribution is 1.78. The third kappa shape index (κ3) is 4.13. The van der Waals surface area contributed by atoms with Gasteiger partial charge in [-0.15, -0.1) is 0 Å². The standard InChI is InChI=1S/C3H7B2/c1-5-3-2-4/h2-3H2,1H3. The van der Waals surface area contributed by atoms with Crippen LogP contribution in [0.15, 0.2) is 0 Å². The molecule has 3 radical (unpaired) electrons. The van der Waals surface area contributed by atoms with Gasteiger partial charge in [0.2, 0.25) is 0 Å². The van der Waals surface area contributed by atoms with Crippen molar-refractivity contribution < 1.29 is 0 Å². The molecule has 0 unspecified atom stereocenters. The van der Waals surface area contributed by atoms with Crippen LogP contribution in [0.1, 0.15) is 0 Å². The lowest BCUT2D eigenvalue weighted by atomic mass is 9.73. The monoisotopic (exact) mass is 65.1 g/mol. The van der Waals surface area contributed by atoms with E-state index in [1.165, 1.54) is 0 Å². The minimum atomic E-state index is 0.788. The van der Waals surface area contributed by atoms with Crippen LogP contribution in [0.25, 0.3) is 0 Å². The van der Waals surface area contributed by atoms with Crippen molar-refractivity contribution in [3.8, 4) is 0 Å². The topological polar surface area (TPSA) is 0 Å². The zero-order valence-electron chi connectivity index (χ0n) is 3.57. The van der Waals surface area contributed by atoms with Crippen LogP contribution in [0.2, 0.25) is 19.5 Å². The first-order valence-corrected chi connectivity index (χ1v) is 1.89. The third-order valence-electron chi connectivity index (χ3n) is 0.455. The lowest BCUT2D eigenvalue weighted by Crippen LogP contribution is -1.75. The highest BCUT2D eigenvalue weighted by Gasteiger charge is 1.71. The molecule has 0 aliphatic heterocycles. The molecule has 0 aliphatic carbocycles. The van der Waals surface area contributed by atoms with Gasteiger partial charge in [0.15, 0.2) is 0 Å². The second kappa shape index (κ2) is 4.13. The molecule has 0 aromatic carbocycles. The van der Waals surface area contributed by atoms with Gasteiger partial charge in [-0.1, -0.05) is 19.5 Å². The van der Waals surface area contributed by atoms with E-state index in [9.17, 15) is 0 Å². The number of hydrogen-bond acceptors (Lipinski definition) is 0. The van der Waals surface area contributed by atoms with E-state index in [1.807, 2.05) is 6.82 Å². The van der Waals surface area contributed by atoms with Crippen molar-refractivity contribution in [2.24, 2.45) is 0 Å². The van der Waals surface area contributed by atoms with Crippen LogP contribution in [0.3, 0.4) is 0 Å². The largest absolute Gasteiger partial charge is 0.104 e. The third-order valence-corrected chi connectivity index (χ3v) is 0.455. The van der Waals surface area contributed by atoms with Gasteiger partial charge in [0.1, 0.15) is 7.28 Å². The summed E-state index contributed by atoms with van der Waals surface area (Å²) < 4.78 is 0. The maximum Gasteiger partial charge on any atom is 0.104 e. The molecule has 0 atom stereocenters. The molecule has 0 heterocycles. The molecule has 0 aromatic heterocycles. The van der Waals surface area contributed by atoms with Crippen LogP contribution in [-0.4, -0.2) is 15.1 Å². The Hall–Kier alpha value is 0.130. The summed E-state index contributed by atoms with van der Waals surface area (Å²) in [6.45, 7) is 2.01. The normalized spacial score (nSPS) is 7.40. The summed E-state index contributed by atoms with van der Waals surface area (Å²) >= 11 is 0. The Bertz CT molecular complexity index is 12.4. The van der Waals surface area contributed by atoms with Gasteiger partial charge >= 0.3 is 0 Å². The molecule has 25 valence electrons. The number of hydrogen-bond donors (Lipinski definition) is 0. The van der Waals surface area contributed by atoms with Gasteiger partial charge < -0.3 is 0 Å². The summed E-state index contributed by atoms with van der Waals surface area (Å²) in [5, 5.41) is 0. The Labute approximate surface area is 35.6 Å². The summed E-state index contributed by atoms with van der Waals surface area (Å²) in [5.74, 6) is 0. The van der Waals surface area contributed by atoms with Gasteiger partial charge in [-0.25, -0.2) is 0 Å². The fourth-order valence-corrected chi connectivity index (χ4v) is 0.167. The smallest absolute Gasteiger partial charge is 0.0955 e. The second-order valence-electron chi connectivity index (χ2n) is 0.986. The molecular weight excluding hydrogens is 57.7 g/mol. The van der Waals surface area contributed by atoms with Crippen LogP contribution >= 0.6 is 0 Å². The van der Waals surface area contributed by atoms with Gasteiger partial charge in [0, 0.05) is 0 Å². The van der Waals surface area contributed by atoms with Gasteiger partial charge in [0.25, 0.3) is 0 Å². The van der Waals surface area contributed by atoms with E-state index in [2.05, 4.69) is 7.28 Å². The number of rotatable bonds is 2. The molecule has 0 aromatic rings. The maximum atomic E-state index is 5.11. The SMILES string of the molecule is [B]CC[B]C. The van der Waals surface area contributed by atoms with E-state index in [1.54, 1.807) is 0 Å². The lowest BCUT2D eigenvalue weighted by Gasteiger charge is -1.76. The Morgan fingerprint density at radius 1 is 1.80 bits per heavy atom. The molecule has 0 nitrogen and oxygen atoms in total. The molecule has 0 spiro atoms.